The summed E-state index contributed by atoms with van der Waals surface area (Å²) in [6, 6.07) is -0.850. The second-order valence-corrected chi connectivity index (χ2v) is 7.60. The van der Waals surface area contributed by atoms with Crippen LogP contribution in [0.5, 0.6) is 0 Å². The van der Waals surface area contributed by atoms with Crippen LogP contribution in [0.25, 0.3) is 0 Å². The highest BCUT2D eigenvalue weighted by atomic mass is 16.6. The van der Waals surface area contributed by atoms with Crippen molar-refractivity contribution in [3.63, 3.8) is 0 Å². The van der Waals surface area contributed by atoms with Crippen LogP contribution in [0.4, 0.5) is 4.79 Å². The Labute approximate surface area is 142 Å². The molecule has 1 saturated heterocycles. The van der Waals surface area contributed by atoms with E-state index in [9.17, 15) is 19.5 Å². The lowest BCUT2D eigenvalue weighted by molar-refractivity contribution is -0.130. The number of Topliss-reactive ketones (excluding diaryl/α,β-unsaturated/α-hetero) is 1. The number of nitrogens with zero attached hydrogens (tertiary/aromatic N) is 1. The highest BCUT2D eigenvalue weighted by Crippen LogP contribution is 2.45. The number of rotatable bonds is 4. The second kappa shape index (κ2) is 6.20. The number of ketones is 1. The van der Waals surface area contributed by atoms with Crippen molar-refractivity contribution in [2.24, 2.45) is 5.92 Å². The number of hydrogen-bond acceptors (Lipinski definition) is 5. The number of ether oxygens (including phenoxy) is 1. The number of β-amino-alcohol motifs (C(OH)–C–C–N with tert-alkyl or cyclic N) is 1. The summed E-state index contributed by atoms with van der Waals surface area (Å²) in [5.41, 5.74) is -1.62. The molecule has 0 unspecified atom stereocenters. The predicted octanol–water partition coefficient (Wildman–Crippen LogP) is 1.01. The fraction of sp³-hybridized carbons (Fsp3) is 0.706. The Hall–Kier alpha value is -1.89. The van der Waals surface area contributed by atoms with E-state index >= 15 is 0 Å². The third-order valence-corrected chi connectivity index (χ3v) is 4.48. The van der Waals surface area contributed by atoms with Gasteiger partial charge >= 0.3 is 6.09 Å². The molecule has 2 aliphatic rings. The van der Waals surface area contributed by atoms with E-state index in [1.165, 1.54) is 11.8 Å². The summed E-state index contributed by atoms with van der Waals surface area (Å²) in [4.78, 5) is 38.0. The fourth-order valence-corrected chi connectivity index (χ4v) is 3.10. The van der Waals surface area contributed by atoms with Gasteiger partial charge in [-0.3, -0.25) is 14.5 Å². The van der Waals surface area contributed by atoms with Gasteiger partial charge in [-0.25, -0.2) is 4.79 Å². The van der Waals surface area contributed by atoms with E-state index in [1.807, 2.05) is 0 Å². The molecule has 1 heterocycles. The number of aliphatic hydroxyl groups excluding tert-OH is 1. The van der Waals surface area contributed by atoms with E-state index in [4.69, 9.17) is 4.74 Å². The van der Waals surface area contributed by atoms with Gasteiger partial charge < -0.3 is 15.2 Å². The maximum Gasteiger partial charge on any atom is 0.411 e. The molecule has 2 N–H and O–H groups in total. The van der Waals surface area contributed by atoms with E-state index in [-0.39, 0.29) is 24.7 Å². The van der Waals surface area contributed by atoms with Gasteiger partial charge in [0.15, 0.2) is 5.78 Å². The molecule has 0 aromatic heterocycles. The number of carbonyl (C=O) groups excluding carboxylic acids is 3. The highest BCUT2D eigenvalue weighted by molar-refractivity contribution is 5.97. The van der Waals surface area contributed by atoms with E-state index in [2.05, 4.69) is 11.9 Å². The Kier molecular flexibility index (Phi) is 4.77. The molecule has 7 heteroatoms. The molecule has 7 nitrogen and oxygen atoms in total. The molecule has 0 bridgehead atoms. The van der Waals surface area contributed by atoms with E-state index < -0.39 is 35.3 Å². The van der Waals surface area contributed by atoms with Crippen molar-refractivity contribution in [3.8, 4) is 0 Å². The Morgan fingerprint density at radius 2 is 2.00 bits per heavy atom. The van der Waals surface area contributed by atoms with Crippen molar-refractivity contribution in [1.29, 1.82) is 0 Å². The zero-order valence-corrected chi connectivity index (χ0v) is 14.7. The van der Waals surface area contributed by atoms with Gasteiger partial charge in [0, 0.05) is 12.3 Å². The lowest BCUT2D eigenvalue weighted by Gasteiger charge is -2.28. The molecule has 1 saturated carbocycles. The standard InChI is InChI=1S/C17H26N2O5/c1-6-11-8-17(11,10(2)20)18-14(22)13-7-12(21)9-19(13)15(23)24-16(3,4)5/h6,11-13,21H,1,7-9H2,2-5H3,(H,18,22)/t11-,12-,13+,17+/m1/s1. The summed E-state index contributed by atoms with van der Waals surface area (Å²) in [5.74, 6) is -0.680. The fourth-order valence-electron chi connectivity index (χ4n) is 3.10. The topological polar surface area (TPSA) is 95.9 Å². The average Bonchev–Trinajstić information content (AvgIpc) is 3.01. The zero-order valence-electron chi connectivity index (χ0n) is 14.7. The van der Waals surface area contributed by atoms with Crippen molar-refractivity contribution >= 4 is 17.8 Å². The Bertz CT molecular complexity index is 568. The predicted molar refractivity (Wildman–Crippen MR) is 87.2 cm³/mol. The average molecular weight is 338 g/mol. The van der Waals surface area contributed by atoms with E-state index in [1.54, 1.807) is 26.8 Å². The van der Waals surface area contributed by atoms with E-state index in [0.717, 1.165) is 0 Å². The summed E-state index contributed by atoms with van der Waals surface area (Å²) in [7, 11) is 0. The minimum Gasteiger partial charge on any atom is -0.444 e. The third-order valence-electron chi connectivity index (χ3n) is 4.48. The van der Waals surface area contributed by atoms with Crippen LogP contribution in [0.15, 0.2) is 12.7 Å². The summed E-state index contributed by atoms with van der Waals surface area (Å²) in [5, 5.41) is 12.6. The molecule has 2 rings (SSSR count). The summed E-state index contributed by atoms with van der Waals surface area (Å²) in [6.45, 7) is 10.3. The van der Waals surface area contributed by atoms with Crippen LogP contribution in [-0.4, -0.2) is 57.6 Å². The molecule has 1 aliphatic carbocycles. The normalized spacial score (nSPS) is 32.2. The summed E-state index contributed by atoms with van der Waals surface area (Å²) < 4.78 is 5.30. The number of aliphatic hydroxyl groups is 1. The SMILES string of the molecule is C=C[C@@H]1C[C@]1(NC(=O)[C@@H]1C[C@@H](O)CN1C(=O)OC(C)(C)C)C(C)=O. The number of nitrogens with one attached hydrogen (secondary N) is 1. The van der Waals surface area contributed by atoms with Crippen LogP contribution >= 0.6 is 0 Å². The van der Waals surface area contributed by atoms with Crippen molar-refractivity contribution in [2.75, 3.05) is 6.54 Å². The first-order valence-electron chi connectivity index (χ1n) is 8.13. The van der Waals surface area contributed by atoms with E-state index in [0.29, 0.717) is 6.42 Å². The summed E-state index contributed by atoms with van der Waals surface area (Å²) >= 11 is 0. The number of carbonyl (C=O) groups is 3. The molecule has 2 fully saturated rings. The third kappa shape index (κ3) is 3.61. The number of likely N-dealkylation sites (tertiary alicyclic amines) is 1. The van der Waals surface area contributed by atoms with Gasteiger partial charge in [-0.15, -0.1) is 6.58 Å². The Morgan fingerprint density at radius 1 is 1.38 bits per heavy atom. The van der Waals surface area contributed by atoms with Gasteiger partial charge in [-0.2, -0.15) is 0 Å². The first-order valence-corrected chi connectivity index (χ1v) is 8.13. The molecule has 0 aromatic carbocycles. The largest absolute Gasteiger partial charge is 0.444 e. The maximum atomic E-state index is 12.6. The van der Waals surface area contributed by atoms with Gasteiger partial charge in [0.05, 0.1) is 12.6 Å². The van der Waals surface area contributed by atoms with Crippen molar-refractivity contribution < 1.29 is 24.2 Å². The van der Waals surface area contributed by atoms with Crippen LogP contribution < -0.4 is 5.32 Å². The molecule has 2 amide bonds. The molecular formula is C17H26N2O5. The van der Waals surface area contributed by atoms with Gasteiger partial charge in [0.1, 0.15) is 17.2 Å². The molecular weight excluding hydrogens is 312 g/mol. The lowest BCUT2D eigenvalue weighted by atomic mass is 10.1. The first-order chi connectivity index (χ1) is 11.0. The highest BCUT2D eigenvalue weighted by Gasteiger charge is 2.58. The lowest BCUT2D eigenvalue weighted by Crippen LogP contribution is -2.53. The molecule has 0 spiro atoms. The molecule has 0 aromatic rings. The molecule has 0 radical (unpaired) electrons. The second-order valence-electron chi connectivity index (χ2n) is 7.60. The van der Waals surface area contributed by atoms with Gasteiger partial charge in [-0.1, -0.05) is 6.08 Å². The first kappa shape index (κ1) is 18.4. The maximum absolute atomic E-state index is 12.6. The van der Waals surface area contributed by atoms with Gasteiger partial charge in [0.2, 0.25) is 5.91 Å². The van der Waals surface area contributed by atoms with Crippen molar-refractivity contribution in [3.05, 3.63) is 12.7 Å². The van der Waals surface area contributed by atoms with Crippen LogP contribution in [0.2, 0.25) is 0 Å². The monoisotopic (exact) mass is 338 g/mol. The Morgan fingerprint density at radius 3 is 2.46 bits per heavy atom. The quantitative estimate of drug-likeness (QED) is 0.746. The Balaban J connectivity index is 2.11. The molecule has 134 valence electrons. The van der Waals surface area contributed by atoms with Crippen molar-refractivity contribution in [1.82, 2.24) is 10.2 Å². The minimum atomic E-state index is -0.925. The van der Waals surface area contributed by atoms with Crippen LogP contribution in [0.1, 0.15) is 40.5 Å². The van der Waals surface area contributed by atoms with Crippen LogP contribution in [-0.2, 0) is 14.3 Å². The zero-order chi connectivity index (χ0) is 18.3. The molecule has 4 atom stereocenters. The van der Waals surface area contributed by atoms with Gasteiger partial charge in [-0.05, 0) is 34.1 Å². The molecule has 1 aliphatic heterocycles. The smallest absolute Gasteiger partial charge is 0.411 e. The molecule has 24 heavy (non-hydrogen) atoms. The van der Waals surface area contributed by atoms with Gasteiger partial charge in [0.25, 0.3) is 0 Å². The minimum absolute atomic E-state index is 0.0327. The van der Waals surface area contributed by atoms with Crippen LogP contribution in [0, 0.1) is 5.92 Å². The van der Waals surface area contributed by atoms with Crippen LogP contribution in [0.3, 0.4) is 0 Å². The summed E-state index contributed by atoms with van der Waals surface area (Å²) in [6.07, 6.45) is 0.844. The number of hydrogen-bond donors (Lipinski definition) is 2. The number of amides is 2. The van der Waals surface area contributed by atoms with Crippen molar-refractivity contribution in [2.45, 2.75) is 63.8 Å².